The molecule has 0 heterocycles. The maximum absolute atomic E-state index is 12.5. The number of nitrogens with one attached hydrogen (secondary N) is 1. The van der Waals surface area contributed by atoms with Crippen LogP contribution in [0.3, 0.4) is 0 Å². The average molecular weight is 418 g/mol. The summed E-state index contributed by atoms with van der Waals surface area (Å²) < 4.78 is 6.01. The third kappa shape index (κ3) is 5.02. The van der Waals surface area contributed by atoms with Gasteiger partial charge >= 0.3 is 5.97 Å². The molecule has 0 fully saturated rings. The first kappa shape index (κ1) is 19.8. The van der Waals surface area contributed by atoms with E-state index in [1.807, 2.05) is 13.8 Å². The molecule has 0 spiro atoms. The summed E-state index contributed by atoms with van der Waals surface area (Å²) >= 11 is 3.33. The van der Waals surface area contributed by atoms with Gasteiger partial charge in [-0.15, -0.1) is 0 Å². The topological polar surface area (TPSA) is 72.5 Å². The lowest BCUT2D eigenvalue weighted by Gasteiger charge is -2.21. The molecule has 26 heavy (non-hydrogen) atoms. The van der Waals surface area contributed by atoms with Gasteiger partial charge in [-0.25, -0.2) is 4.79 Å². The minimum atomic E-state index is -0.804. The third-order valence-electron chi connectivity index (χ3n) is 3.80. The van der Waals surface area contributed by atoms with Gasteiger partial charge in [-0.1, -0.05) is 26.0 Å². The van der Waals surface area contributed by atoms with Crippen molar-refractivity contribution in [2.24, 2.45) is 5.92 Å². The van der Waals surface area contributed by atoms with Crippen molar-refractivity contribution in [3.8, 4) is 5.75 Å². The number of carbonyl (C=O) groups is 3. The minimum absolute atomic E-state index is 0.0661. The Balaban J connectivity index is 2.11. The highest BCUT2D eigenvalue weighted by Crippen LogP contribution is 2.18. The SMILES string of the molecule is CC(=O)c1ccc(OC(=O)[C@@H](NC(=O)c2ccccc2Br)C(C)C)cc1. The van der Waals surface area contributed by atoms with E-state index in [0.717, 1.165) is 0 Å². The number of hydrogen-bond acceptors (Lipinski definition) is 4. The predicted octanol–water partition coefficient (Wildman–Crippen LogP) is 4.01. The molecule has 2 rings (SSSR count). The molecule has 2 aromatic rings. The van der Waals surface area contributed by atoms with Crippen LogP contribution in [0.2, 0.25) is 0 Å². The zero-order valence-corrected chi connectivity index (χ0v) is 16.4. The molecule has 1 N–H and O–H groups in total. The summed E-state index contributed by atoms with van der Waals surface area (Å²) in [5.74, 6) is -0.828. The predicted molar refractivity (Wildman–Crippen MR) is 102 cm³/mol. The second-order valence-corrected chi connectivity index (χ2v) is 7.03. The Morgan fingerprint density at radius 2 is 1.62 bits per heavy atom. The summed E-state index contributed by atoms with van der Waals surface area (Å²) in [6.07, 6.45) is 0. The lowest BCUT2D eigenvalue weighted by Crippen LogP contribution is -2.46. The van der Waals surface area contributed by atoms with Crippen molar-refractivity contribution in [2.45, 2.75) is 26.8 Å². The van der Waals surface area contributed by atoms with E-state index < -0.39 is 12.0 Å². The van der Waals surface area contributed by atoms with Crippen molar-refractivity contribution in [3.63, 3.8) is 0 Å². The molecular formula is C20H20BrNO4. The summed E-state index contributed by atoms with van der Waals surface area (Å²) in [5, 5.41) is 2.73. The van der Waals surface area contributed by atoms with E-state index in [-0.39, 0.29) is 17.6 Å². The van der Waals surface area contributed by atoms with Gasteiger partial charge in [0, 0.05) is 10.0 Å². The lowest BCUT2D eigenvalue weighted by molar-refractivity contribution is -0.137. The van der Waals surface area contributed by atoms with Gasteiger partial charge < -0.3 is 10.1 Å². The number of hydrogen-bond donors (Lipinski definition) is 1. The van der Waals surface area contributed by atoms with Crippen molar-refractivity contribution in [3.05, 3.63) is 64.1 Å². The number of benzene rings is 2. The molecule has 0 aromatic heterocycles. The molecule has 0 saturated heterocycles. The summed E-state index contributed by atoms with van der Waals surface area (Å²) in [4.78, 5) is 36.3. The van der Waals surface area contributed by atoms with Gasteiger partial charge in [-0.3, -0.25) is 9.59 Å². The van der Waals surface area contributed by atoms with Crippen LogP contribution in [-0.2, 0) is 4.79 Å². The Hall–Kier alpha value is -2.47. The summed E-state index contributed by atoms with van der Waals surface area (Å²) in [6.45, 7) is 5.11. The number of ketones is 1. The molecule has 0 saturated carbocycles. The van der Waals surface area contributed by atoms with E-state index >= 15 is 0 Å². The van der Waals surface area contributed by atoms with E-state index in [1.54, 1.807) is 48.5 Å². The van der Waals surface area contributed by atoms with Gasteiger partial charge in [0.15, 0.2) is 5.78 Å². The van der Waals surface area contributed by atoms with Crippen molar-refractivity contribution in [1.29, 1.82) is 0 Å². The highest BCUT2D eigenvalue weighted by molar-refractivity contribution is 9.10. The number of halogens is 1. The van der Waals surface area contributed by atoms with Gasteiger partial charge in [0.25, 0.3) is 5.91 Å². The van der Waals surface area contributed by atoms with Gasteiger partial charge in [0.05, 0.1) is 5.56 Å². The second-order valence-electron chi connectivity index (χ2n) is 6.18. The van der Waals surface area contributed by atoms with E-state index in [1.165, 1.54) is 6.92 Å². The third-order valence-corrected chi connectivity index (χ3v) is 4.50. The zero-order chi connectivity index (χ0) is 19.3. The van der Waals surface area contributed by atoms with Gasteiger partial charge in [0.1, 0.15) is 11.8 Å². The Bertz CT molecular complexity index is 815. The fraction of sp³-hybridized carbons (Fsp3) is 0.250. The molecule has 136 valence electrons. The molecule has 0 aliphatic rings. The molecule has 0 radical (unpaired) electrons. The van der Waals surface area contributed by atoms with Crippen LogP contribution in [0.1, 0.15) is 41.5 Å². The van der Waals surface area contributed by atoms with Crippen molar-refractivity contribution >= 4 is 33.6 Å². The van der Waals surface area contributed by atoms with Crippen LogP contribution in [0.15, 0.2) is 53.0 Å². The van der Waals surface area contributed by atoms with E-state index in [4.69, 9.17) is 4.74 Å². The van der Waals surface area contributed by atoms with Crippen LogP contribution in [0.4, 0.5) is 0 Å². The first-order valence-corrected chi connectivity index (χ1v) is 8.97. The second kappa shape index (κ2) is 8.76. The fourth-order valence-corrected chi connectivity index (χ4v) is 2.76. The molecule has 0 aliphatic heterocycles. The minimum Gasteiger partial charge on any atom is -0.425 e. The summed E-state index contributed by atoms with van der Waals surface area (Å²) in [6, 6.07) is 12.5. The summed E-state index contributed by atoms with van der Waals surface area (Å²) in [5.41, 5.74) is 0.976. The fourth-order valence-electron chi connectivity index (χ4n) is 2.30. The van der Waals surface area contributed by atoms with E-state index in [2.05, 4.69) is 21.2 Å². The number of ether oxygens (including phenoxy) is 1. The monoisotopic (exact) mass is 417 g/mol. The zero-order valence-electron chi connectivity index (χ0n) is 14.8. The first-order valence-electron chi connectivity index (χ1n) is 8.17. The molecular weight excluding hydrogens is 398 g/mol. The Labute approximate surface area is 160 Å². The molecule has 5 nitrogen and oxygen atoms in total. The van der Waals surface area contributed by atoms with Crippen LogP contribution < -0.4 is 10.1 Å². The highest BCUT2D eigenvalue weighted by atomic mass is 79.9. The average Bonchev–Trinajstić information content (AvgIpc) is 2.59. The number of amides is 1. The Morgan fingerprint density at radius 1 is 1.00 bits per heavy atom. The van der Waals surface area contributed by atoms with Crippen LogP contribution >= 0.6 is 15.9 Å². The quantitative estimate of drug-likeness (QED) is 0.437. The number of rotatable bonds is 6. The maximum Gasteiger partial charge on any atom is 0.334 e. The molecule has 0 aliphatic carbocycles. The Morgan fingerprint density at radius 3 is 2.15 bits per heavy atom. The normalized spacial score (nSPS) is 11.7. The molecule has 2 aromatic carbocycles. The van der Waals surface area contributed by atoms with E-state index in [0.29, 0.717) is 21.3 Å². The Kier molecular flexibility index (Phi) is 6.69. The van der Waals surface area contributed by atoms with Gasteiger partial charge in [0.2, 0.25) is 0 Å². The van der Waals surface area contributed by atoms with Crippen LogP contribution in [0, 0.1) is 5.92 Å². The van der Waals surface area contributed by atoms with Crippen molar-refractivity contribution < 1.29 is 19.1 Å². The summed E-state index contributed by atoms with van der Waals surface area (Å²) in [7, 11) is 0. The van der Waals surface area contributed by atoms with Crippen LogP contribution in [0.25, 0.3) is 0 Å². The van der Waals surface area contributed by atoms with Crippen molar-refractivity contribution in [2.75, 3.05) is 0 Å². The number of esters is 1. The highest BCUT2D eigenvalue weighted by Gasteiger charge is 2.27. The van der Waals surface area contributed by atoms with Gasteiger partial charge in [-0.05, 0) is 65.2 Å². The first-order chi connectivity index (χ1) is 12.3. The number of carbonyl (C=O) groups excluding carboxylic acids is 3. The maximum atomic E-state index is 12.5. The molecule has 1 atom stereocenters. The lowest BCUT2D eigenvalue weighted by atomic mass is 10.0. The molecule has 0 bridgehead atoms. The van der Waals surface area contributed by atoms with Crippen LogP contribution in [0.5, 0.6) is 5.75 Å². The van der Waals surface area contributed by atoms with Gasteiger partial charge in [-0.2, -0.15) is 0 Å². The largest absolute Gasteiger partial charge is 0.425 e. The number of Topliss-reactive ketones (excluding diaryl/α,β-unsaturated/α-hetero) is 1. The molecule has 1 amide bonds. The standard InChI is InChI=1S/C20H20BrNO4/c1-12(2)18(22-19(24)16-6-4-5-7-17(16)21)20(25)26-15-10-8-14(9-11-15)13(3)23/h4-12,18H,1-3H3,(H,22,24)/t18-/m0/s1. The van der Waals surface area contributed by atoms with Crippen molar-refractivity contribution in [1.82, 2.24) is 5.32 Å². The smallest absolute Gasteiger partial charge is 0.334 e. The molecule has 0 unspecified atom stereocenters. The van der Waals surface area contributed by atoms with E-state index in [9.17, 15) is 14.4 Å². The molecule has 6 heteroatoms. The van der Waals surface area contributed by atoms with Crippen LogP contribution in [-0.4, -0.2) is 23.7 Å².